The summed E-state index contributed by atoms with van der Waals surface area (Å²) in [6.07, 6.45) is -3.87. The second-order valence-electron chi connectivity index (χ2n) is 6.05. The van der Waals surface area contributed by atoms with Crippen molar-refractivity contribution in [1.29, 1.82) is 0 Å². The Morgan fingerprint density at radius 2 is 2.08 bits per heavy atom. The van der Waals surface area contributed by atoms with E-state index in [1.165, 1.54) is 28.8 Å². The zero-order valence-electron chi connectivity index (χ0n) is 13.5. The van der Waals surface area contributed by atoms with Crippen molar-refractivity contribution in [2.75, 3.05) is 16.9 Å². The number of carbonyl (C=O) groups is 3. The molecule has 1 aromatic rings. The molecule has 140 valence electrons. The zero-order chi connectivity index (χ0) is 18.9. The van der Waals surface area contributed by atoms with E-state index in [0.29, 0.717) is 18.1 Å². The molecule has 0 bridgehead atoms. The maximum Gasteiger partial charge on any atom is 0.416 e. The van der Waals surface area contributed by atoms with Crippen molar-refractivity contribution in [1.82, 2.24) is 10.2 Å². The van der Waals surface area contributed by atoms with Gasteiger partial charge in [-0.2, -0.15) is 13.2 Å². The Labute approximate surface area is 151 Å². The van der Waals surface area contributed by atoms with Crippen molar-refractivity contribution in [2.45, 2.75) is 31.1 Å². The van der Waals surface area contributed by atoms with E-state index in [9.17, 15) is 27.6 Å². The van der Waals surface area contributed by atoms with Gasteiger partial charge in [-0.15, -0.1) is 11.8 Å². The number of anilines is 1. The van der Waals surface area contributed by atoms with Gasteiger partial charge >= 0.3 is 6.18 Å². The minimum atomic E-state index is -4.51. The van der Waals surface area contributed by atoms with Crippen LogP contribution in [0.4, 0.5) is 18.9 Å². The van der Waals surface area contributed by atoms with Gasteiger partial charge in [0.05, 0.1) is 11.4 Å². The number of benzene rings is 1. The number of hydrogen-bond donors (Lipinski definition) is 2. The van der Waals surface area contributed by atoms with Crippen LogP contribution < -0.4 is 10.6 Å². The van der Waals surface area contributed by atoms with Gasteiger partial charge in [0.25, 0.3) is 0 Å². The number of carbonyl (C=O) groups excluding carboxylic acids is 3. The number of hydrogen-bond acceptors (Lipinski definition) is 4. The molecule has 3 rings (SSSR count). The quantitative estimate of drug-likeness (QED) is 0.830. The van der Waals surface area contributed by atoms with E-state index in [1.54, 1.807) is 0 Å². The van der Waals surface area contributed by atoms with Crippen LogP contribution in [-0.4, -0.2) is 46.3 Å². The number of halogens is 3. The van der Waals surface area contributed by atoms with Crippen molar-refractivity contribution >= 4 is 35.2 Å². The maximum absolute atomic E-state index is 12.8. The van der Waals surface area contributed by atoms with E-state index in [0.717, 1.165) is 12.1 Å². The molecule has 0 spiro atoms. The van der Waals surface area contributed by atoms with E-state index in [4.69, 9.17) is 0 Å². The predicted molar refractivity (Wildman–Crippen MR) is 89.2 cm³/mol. The van der Waals surface area contributed by atoms with Crippen LogP contribution >= 0.6 is 11.8 Å². The lowest BCUT2D eigenvalue weighted by molar-refractivity contribution is -0.138. The van der Waals surface area contributed by atoms with E-state index in [1.807, 2.05) is 0 Å². The Morgan fingerprint density at radius 3 is 2.73 bits per heavy atom. The molecular weight excluding hydrogens is 371 g/mol. The van der Waals surface area contributed by atoms with Gasteiger partial charge in [-0.1, -0.05) is 6.07 Å². The van der Waals surface area contributed by atoms with Gasteiger partial charge in [0, 0.05) is 17.9 Å². The summed E-state index contributed by atoms with van der Waals surface area (Å²) >= 11 is 1.38. The van der Waals surface area contributed by atoms with Crippen molar-refractivity contribution < 1.29 is 27.6 Å². The lowest BCUT2D eigenvalue weighted by atomic mass is 10.1. The van der Waals surface area contributed by atoms with E-state index < -0.39 is 29.7 Å². The fourth-order valence-corrected chi connectivity index (χ4v) is 4.04. The Balaban J connectivity index is 1.69. The standard InChI is InChI=1S/C16H16F3N3O3S/c17-16(18,19)9-2-1-3-10(6-9)20-14(24)12-7-26-8-22(12)15(25)11-4-5-13(23)21-11/h1-3,6,11-12H,4-5,7-8H2,(H,20,24)(H,21,23). The van der Waals surface area contributed by atoms with Crippen LogP contribution in [0.1, 0.15) is 18.4 Å². The molecule has 2 heterocycles. The van der Waals surface area contributed by atoms with Crippen molar-refractivity contribution in [3.05, 3.63) is 29.8 Å². The molecule has 3 amide bonds. The van der Waals surface area contributed by atoms with Gasteiger partial charge in [0.15, 0.2) is 0 Å². The maximum atomic E-state index is 12.8. The molecule has 2 aliphatic rings. The molecule has 0 radical (unpaired) electrons. The third-order valence-electron chi connectivity index (χ3n) is 4.22. The summed E-state index contributed by atoms with van der Waals surface area (Å²) in [6.45, 7) is 0. The molecule has 1 aromatic carbocycles. The molecule has 10 heteroatoms. The largest absolute Gasteiger partial charge is 0.416 e. The molecule has 6 nitrogen and oxygen atoms in total. The minimum Gasteiger partial charge on any atom is -0.344 e. The number of amides is 3. The molecule has 26 heavy (non-hydrogen) atoms. The van der Waals surface area contributed by atoms with Crippen LogP contribution in [0.2, 0.25) is 0 Å². The molecule has 2 fully saturated rings. The summed E-state index contributed by atoms with van der Waals surface area (Å²) in [5.74, 6) is -0.458. The summed E-state index contributed by atoms with van der Waals surface area (Å²) in [7, 11) is 0. The van der Waals surface area contributed by atoms with E-state index in [2.05, 4.69) is 10.6 Å². The summed E-state index contributed by atoms with van der Waals surface area (Å²) in [4.78, 5) is 37.6. The molecule has 2 atom stereocenters. The summed E-state index contributed by atoms with van der Waals surface area (Å²) < 4.78 is 38.3. The molecule has 2 saturated heterocycles. The molecule has 0 saturated carbocycles. The first-order chi connectivity index (χ1) is 12.3. The first-order valence-corrected chi connectivity index (χ1v) is 9.07. The highest BCUT2D eigenvalue weighted by Crippen LogP contribution is 2.31. The highest BCUT2D eigenvalue weighted by atomic mass is 32.2. The third-order valence-corrected chi connectivity index (χ3v) is 5.23. The number of rotatable bonds is 3. The Kier molecular flexibility index (Phi) is 5.12. The fourth-order valence-electron chi connectivity index (χ4n) is 2.88. The third kappa shape index (κ3) is 3.95. The number of nitrogens with one attached hydrogen (secondary N) is 2. The van der Waals surface area contributed by atoms with Crippen molar-refractivity contribution in [3.63, 3.8) is 0 Å². The Hall–Kier alpha value is -2.23. The highest BCUT2D eigenvalue weighted by molar-refractivity contribution is 7.99. The summed E-state index contributed by atoms with van der Waals surface area (Å²) in [5.41, 5.74) is -0.846. The van der Waals surface area contributed by atoms with Crippen LogP contribution in [0.25, 0.3) is 0 Å². The first kappa shape index (κ1) is 18.6. The van der Waals surface area contributed by atoms with E-state index in [-0.39, 0.29) is 23.9 Å². The van der Waals surface area contributed by atoms with Crippen LogP contribution in [0.3, 0.4) is 0 Å². The molecule has 2 N–H and O–H groups in total. The van der Waals surface area contributed by atoms with Crippen molar-refractivity contribution in [3.8, 4) is 0 Å². The number of nitrogens with zero attached hydrogens (tertiary/aromatic N) is 1. The van der Waals surface area contributed by atoms with Crippen LogP contribution in [0.15, 0.2) is 24.3 Å². The topological polar surface area (TPSA) is 78.5 Å². The second kappa shape index (κ2) is 7.18. The SMILES string of the molecule is O=C1CCC(C(=O)N2CSCC2C(=O)Nc2cccc(C(F)(F)F)c2)N1. The van der Waals surface area contributed by atoms with Gasteiger partial charge in [0.1, 0.15) is 12.1 Å². The smallest absolute Gasteiger partial charge is 0.344 e. The lowest BCUT2D eigenvalue weighted by Gasteiger charge is -2.25. The zero-order valence-corrected chi connectivity index (χ0v) is 14.3. The lowest BCUT2D eigenvalue weighted by Crippen LogP contribution is -2.50. The molecule has 2 aliphatic heterocycles. The molecule has 0 aliphatic carbocycles. The average Bonchev–Trinajstić information content (AvgIpc) is 3.22. The molecule has 2 unspecified atom stereocenters. The number of thioether (sulfide) groups is 1. The summed E-state index contributed by atoms with van der Waals surface area (Å²) in [5, 5.41) is 5.01. The van der Waals surface area contributed by atoms with Crippen LogP contribution in [0.5, 0.6) is 0 Å². The van der Waals surface area contributed by atoms with Gasteiger partial charge < -0.3 is 15.5 Å². The van der Waals surface area contributed by atoms with Crippen LogP contribution in [0, 0.1) is 0 Å². The van der Waals surface area contributed by atoms with Gasteiger partial charge in [-0.05, 0) is 24.6 Å². The number of alkyl halides is 3. The van der Waals surface area contributed by atoms with Gasteiger partial charge in [0.2, 0.25) is 17.7 Å². The normalized spacial score (nSPS) is 23.0. The molecular formula is C16H16F3N3O3S. The average molecular weight is 387 g/mol. The molecule has 0 aromatic heterocycles. The van der Waals surface area contributed by atoms with Gasteiger partial charge in [-0.25, -0.2) is 0 Å². The first-order valence-electron chi connectivity index (χ1n) is 7.91. The van der Waals surface area contributed by atoms with Crippen LogP contribution in [-0.2, 0) is 20.6 Å². The second-order valence-corrected chi connectivity index (χ2v) is 7.05. The highest BCUT2D eigenvalue weighted by Gasteiger charge is 2.40. The summed E-state index contributed by atoms with van der Waals surface area (Å²) in [6, 6.07) is 2.89. The van der Waals surface area contributed by atoms with Crippen molar-refractivity contribution in [2.24, 2.45) is 0 Å². The van der Waals surface area contributed by atoms with E-state index >= 15 is 0 Å². The predicted octanol–water partition coefficient (Wildman–Crippen LogP) is 1.82. The monoisotopic (exact) mass is 387 g/mol. The minimum absolute atomic E-state index is 0.0169. The Morgan fingerprint density at radius 1 is 1.31 bits per heavy atom. The van der Waals surface area contributed by atoms with Gasteiger partial charge in [-0.3, -0.25) is 14.4 Å². The fraction of sp³-hybridized carbons (Fsp3) is 0.438. The Bertz CT molecular complexity index is 741.